The molecular formula is C11H19ClN4O. The zero-order valence-corrected chi connectivity index (χ0v) is 11.0. The zero-order chi connectivity index (χ0) is 12.5. The molecule has 1 aliphatic rings. The van der Waals surface area contributed by atoms with Crippen LogP contribution in [0.15, 0.2) is 6.20 Å². The van der Waals surface area contributed by atoms with Crippen molar-refractivity contribution in [2.45, 2.75) is 44.4 Å². The number of hydrogen-bond donors (Lipinski definition) is 2. The van der Waals surface area contributed by atoms with Crippen LogP contribution in [-0.4, -0.2) is 22.5 Å². The van der Waals surface area contributed by atoms with E-state index in [1.165, 1.54) is 0 Å². The molecule has 0 radical (unpaired) electrons. The number of nitrogens with zero attached hydrogens (tertiary/aromatic N) is 2. The van der Waals surface area contributed by atoms with E-state index in [1.807, 2.05) is 11.6 Å². The number of aryl methyl sites for hydroxylation is 1. The molecule has 1 aromatic heterocycles. The number of rotatable bonds is 5. The third-order valence-corrected chi connectivity index (χ3v) is 4.00. The van der Waals surface area contributed by atoms with Gasteiger partial charge in [0.05, 0.1) is 28.6 Å². The number of nitrogens with one attached hydrogen (secondary N) is 1. The molecule has 17 heavy (non-hydrogen) atoms. The first-order valence-corrected chi connectivity index (χ1v) is 6.28. The fourth-order valence-corrected chi connectivity index (χ4v) is 2.78. The van der Waals surface area contributed by atoms with Gasteiger partial charge in [-0.2, -0.15) is 5.10 Å². The Morgan fingerprint density at radius 3 is 2.82 bits per heavy atom. The normalized spacial score (nSPS) is 20.0. The van der Waals surface area contributed by atoms with Crippen LogP contribution in [0.25, 0.3) is 0 Å². The molecule has 6 heteroatoms. The maximum atomic E-state index is 6.21. The van der Waals surface area contributed by atoms with Gasteiger partial charge < -0.3 is 4.74 Å². The van der Waals surface area contributed by atoms with Crippen molar-refractivity contribution in [3.05, 3.63) is 16.9 Å². The second-order valence-electron chi connectivity index (χ2n) is 4.42. The first-order valence-electron chi connectivity index (χ1n) is 5.91. The highest BCUT2D eigenvalue weighted by Crippen LogP contribution is 2.45. The molecule has 5 nitrogen and oxygen atoms in total. The van der Waals surface area contributed by atoms with Crippen molar-refractivity contribution in [1.82, 2.24) is 15.2 Å². The molecular weight excluding hydrogens is 240 g/mol. The lowest BCUT2D eigenvalue weighted by molar-refractivity contribution is -0.102. The fraction of sp³-hybridized carbons (Fsp3) is 0.727. The SMILES string of the molecule is CCn1ncc(Cl)c1C(NN)C1(OC)CCC1. The van der Waals surface area contributed by atoms with Crippen molar-refractivity contribution in [3.63, 3.8) is 0 Å². The highest BCUT2D eigenvalue weighted by molar-refractivity contribution is 6.31. The minimum atomic E-state index is -0.245. The van der Waals surface area contributed by atoms with Gasteiger partial charge in [-0.3, -0.25) is 10.5 Å². The lowest BCUT2D eigenvalue weighted by Gasteiger charge is -2.46. The minimum Gasteiger partial charge on any atom is -0.376 e. The van der Waals surface area contributed by atoms with Gasteiger partial charge in [0.2, 0.25) is 0 Å². The molecule has 0 aromatic carbocycles. The monoisotopic (exact) mass is 258 g/mol. The fourth-order valence-electron chi connectivity index (χ4n) is 2.53. The second-order valence-corrected chi connectivity index (χ2v) is 4.82. The smallest absolute Gasteiger partial charge is 0.0933 e. The summed E-state index contributed by atoms with van der Waals surface area (Å²) in [5.41, 5.74) is 3.51. The Morgan fingerprint density at radius 2 is 2.41 bits per heavy atom. The van der Waals surface area contributed by atoms with Crippen LogP contribution in [0.3, 0.4) is 0 Å². The van der Waals surface area contributed by atoms with Gasteiger partial charge in [-0.15, -0.1) is 0 Å². The largest absolute Gasteiger partial charge is 0.376 e. The third kappa shape index (κ3) is 1.97. The molecule has 1 heterocycles. The van der Waals surface area contributed by atoms with Gasteiger partial charge >= 0.3 is 0 Å². The van der Waals surface area contributed by atoms with E-state index in [-0.39, 0.29) is 11.6 Å². The van der Waals surface area contributed by atoms with Crippen LogP contribution < -0.4 is 11.3 Å². The van der Waals surface area contributed by atoms with Gasteiger partial charge in [-0.05, 0) is 26.2 Å². The summed E-state index contributed by atoms with van der Waals surface area (Å²) in [5, 5.41) is 4.88. The number of hydrazine groups is 1. The maximum Gasteiger partial charge on any atom is 0.0933 e. The standard InChI is InChI=1S/C11H19ClN4O/c1-3-16-9(8(12)7-14-16)10(15-13)11(17-2)5-4-6-11/h7,10,15H,3-6,13H2,1-2H3. The van der Waals surface area contributed by atoms with Gasteiger partial charge in [0.15, 0.2) is 0 Å². The first-order chi connectivity index (χ1) is 8.18. The molecule has 0 amide bonds. The highest BCUT2D eigenvalue weighted by Gasteiger charge is 2.46. The van der Waals surface area contributed by atoms with Crippen molar-refractivity contribution >= 4 is 11.6 Å². The summed E-state index contributed by atoms with van der Waals surface area (Å²) in [6.45, 7) is 2.79. The number of nitrogens with two attached hydrogens (primary N) is 1. The summed E-state index contributed by atoms with van der Waals surface area (Å²) in [5.74, 6) is 5.70. The predicted molar refractivity (Wildman–Crippen MR) is 66.6 cm³/mol. The molecule has 2 rings (SSSR count). The van der Waals surface area contributed by atoms with Crippen molar-refractivity contribution in [3.8, 4) is 0 Å². The van der Waals surface area contributed by atoms with Crippen LogP contribution in [0, 0.1) is 0 Å². The molecule has 1 unspecified atom stereocenters. The molecule has 1 aromatic rings. The van der Waals surface area contributed by atoms with E-state index >= 15 is 0 Å². The van der Waals surface area contributed by atoms with E-state index in [4.69, 9.17) is 22.2 Å². The van der Waals surface area contributed by atoms with Crippen molar-refractivity contribution in [2.75, 3.05) is 7.11 Å². The van der Waals surface area contributed by atoms with Gasteiger partial charge in [-0.1, -0.05) is 11.6 Å². The lowest BCUT2D eigenvalue weighted by Crippen LogP contribution is -2.53. The molecule has 0 spiro atoms. The summed E-state index contributed by atoms with van der Waals surface area (Å²) in [6.07, 6.45) is 4.80. The Bertz CT molecular complexity index is 383. The summed E-state index contributed by atoms with van der Waals surface area (Å²) in [4.78, 5) is 0. The molecule has 0 saturated heterocycles. The summed E-state index contributed by atoms with van der Waals surface area (Å²) >= 11 is 6.21. The maximum absolute atomic E-state index is 6.21. The Hall–Kier alpha value is -0.620. The molecule has 0 bridgehead atoms. The van der Waals surface area contributed by atoms with Gasteiger partial charge in [-0.25, -0.2) is 5.43 Å². The van der Waals surface area contributed by atoms with Crippen LogP contribution in [-0.2, 0) is 11.3 Å². The van der Waals surface area contributed by atoms with E-state index < -0.39 is 0 Å². The number of ether oxygens (including phenoxy) is 1. The molecule has 96 valence electrons. The number of halogens is 1. The van der Waals surface area contributed by atoms with Gasteiger partial charge in [0.1, 0.15) is 0 Å². The highest BCUT2D eigenvalue weighted by atomic mass is 35.5. The predicted octanol–water partition coefficient (Wildman–Crippen LogP) is 1.63. The number of methoxy groups -OCH3 is 1. The van der Waals surface area contributed by atoms with Crippen LogP contribution >= 0.6 is 11.6 Å². The van der Waals surface area contributed by atoms with Crippen LogP contribution in [0.1, 0.15) is 37.9 Å². The number of aromatic nitrogens is 2. The first kappa shape index (κ1) is 12.8. The van der Waals surface area contributed by atoms with Crippen LogP contribution in [0.4, 0.5) is 0 Å². The Kier molecular flexibility index (Phi) is 3.73. The Balaban J connectivity index is 2.37. The van der Waals surface area contributed by atoms with E-state index in [0.717, 1.165) is 31.5 Å². The quantitative estimate of drug-likeness (QED) is 0.622. The third-order valence-electron chi connectivity index (χ3n) is 3.71. The van der Waals surface area contributed by atoms with E-state index in [0.29, 0.717) is 5.02 Å². The number of hydrogen-bond acceptors (Lipinski definition) is 4. The van der Waals surface area contributed by atoms with E-state index in [2.05, 4.69) is 10.5 Å². The summed E-state index contributed by atoms with van der Waals surface area (Å²) in [7, 11) is 1.73. The van der Waals surface area contributed by atoms with Crippen molar-refractivity contribution in [1.29, 1.82) is 0 Å². The zero-order valence-electron chi connectivity index (χ0n) is 10.2. The summed E-state index contributed by atoms with van der Waals surface area (Å²) in [6, 6.07) is -0.115. The molecule has 1 saturated carbocycles. The molecule has 0 aliphatic heterocycles. The summed E-state index contributed by atoms with van der Waals surface area (Å²) < 4.78 is 7.53. The second kappa shape index (κ2) is 4.94. The van der Waals surface area contributed by atoms with E-state index in [1.54, 1.807) is 13.3 Å². The average Bonchev–Trinajstić information content (AvgIpc) is 2.65. The molecule has 3 N–H and O–H groups in total. The van der Waals surface area contributed by atoms with Crippen molar-refractivity contribution < 1.29 is 4.74 Å². The molecule has 1 aliphatic carbocycles. The average molecular weight is 259 g/mol. The van der Waals surface area contributed by atoms with Crippen molar-refractivity contribution in [2.24, 2.45) is 5.84 Å². The Morgan fingerprint density at radius 1 is 1.71 bits per heavy atom. The van der Waals surface area contributed by atoms with Crippen LogP contribution in [0.2, 0.25) is 5.02 Å². The van der Waals surface area contributed by atoms with Gasteiger partial charge in [0.25, 0.3) is 0 Å². The minimum absolute atomic E-state index is 0.115. The van der Waals surface area contributed by atoms with E-state index in [9.17, 15) is 0 Å². The van der Waals surface area contributed by atoms with Gasteiger partial charge in [0, 0.05) is 13.7 Å². The van der Waals surface area contributed by atoms with Crippen LogP contribution in [0.5, 0.6) is 0 Å². The molecule has 1 fully saturated rings. The lowest BCUT2D eigenvalue weighted by atomic mass is 9.73. The topological polar surface area (TPSA) is 65.1 Å². The Labute approximate surface area is 106 Å². The molecule has 1 atom stereocenters.